The lowest BCUT2D eigenvalue weighted by Crippen LogP contribution is -2.50. The van der Waals surface area contributed by atoms with Gasteiger partial charge < -0.3 is 14.4 Å². The molecule has 0 spiro atoms. The zero-order valence-electron chi connectivity index (χ0n) is 17.6. The molecule has 166 valence electrons. The molecule has 0 bridgehead atoms. The normalized spacial score (nSPS) is 20.9. The number of piperazine rings is 1. The molecule has 1 saturated carbocycles. The highest BCUT2D eigenvalue weighted by Gasteiger charge is 2.31. The van der Waals surface area contributed by atoms with E-state index in [0.29, 0.717) is 57.3 Å². The van der Waals surface area contributed by atoms with Gasteiger partial charge in [-0.3, -0.25) is 4.79 Å². The van der Waals surface area contributed by atoms with Crippen LogP contribution >= 0.6 is 0 Å². The van der Waals surface area contributed by atoms with Gasteiger partial charge in [0.15, 0.2) is 11.5 Å². The van der Waals surface area contributed by atoms with Crippen molar-refractivity contribution >= 4 is 15.9 Å². The number of hydrogen-bond donors (Lipinski definition) is 0. The van der Waals surface area contributed by atoms with Crippen molar-refractivity contribution < 1.29 is 22.7 Å². The molecule has 0 unspecified atom stereocenters. The summed E-state index contributed by atoms with van der Waals surface area (Å²) >= 11 is 0. The molecule has 1 saturated heterocycles. The molecule has 0 aromatic heterocycles. The van der Waals surface area contributed by atoms with Crippen LogP contribution in [0, 0.1) is 5.92 Å². The van der Waals surface area contributed by atoms with E-state index >= 15 is 0 Å². The van der Waals surface area contributed by atoms with Crippen LogP contribution in [0.15, 0.2) is 23.1 Å². The van der Waals surface area contributed by atoms with Gasteiger partial charge in [0, 0.05) is 38.7 Å². The Labute approximate surface area is 179 Å². The Morgan fingerprint density at radius 2 is 1.67 bits per heavy atom. The molecular formula is C22H32N2O5S. The minimum Gasteiger partial charge on any atom is -0.486 e. The van der Waals surface area contributed by atoms with E-state index in [1.54, 1.807) is 12.1 Å². The lowest BCUT2D eigenvalue weighted by atomic mass is 9.86. The molecule has 1 amide bonds. The van der Waals surface area contributed by atoms with Crippen molar-refractivity contribution in [2.45, 2.75) is 56.3 Å². The van der Waals surface area contributed by atoms with Gasteiger partial charge in [-0.2, -0.15) is 4.31 Å². The van der Waals surface area contributed by atoms with Crippen LogP contribution in [0.2, 0.25) is 0 Å². The highest BCUT2D eigenvalue weighted by Crippen LogP contribution is 2.33. The van der Waals surface area contributed by atoms with Gasteiger partial charge in [-0.05, 0) is 30.9 Å². The molecule has 8 heteroatoms. The number of benzene rings is 1. The summed E-state index contributed by atoms with van der Waals surface area (Å²) in [4.78, 5) is 14.6. The largest absolute Gasteiger partial charge is 0.486 e. The number of nitrogens with zero attached hydrogens (tertiary/aromatic N) is 2. The Morgan fingerprint density at radius 1 is 0.967 bits per heavy atom. The molecular weight excluding hydrogens is 404 g/mol. The third kappa shape index (κ3) is 4.91. The van der Waals surface area contributed by atoms with Gasteiger partial charge in [0.1, 0.15) is 13.2 Å². The van der Waals surface area contributed by atoms with E-state index in [1.165, 1.54) is 42.5 Å². The van der Waals surface area contributed by atoms with Crippen LogP contribution in [-0.2, 0) is 14.8 Å². The second-order valence-electron chi connectivity index (χ2n) is 8.49. The molecule has 0 N–H and O–H groups in total. The number of ether oxygens (including phenoxy) is 2. The van der Waals surface area contributed by atoms with E-state index in [2.05, 4.69) is 0 Å². The first-order valence-corrected chi connectivity index (χ1v) is 12.7. The number of carbonyl (C=O) groups excluding carboxylic acids is 1. The smallest absolute Gasteiger partial charge is 0.243 e. The van der Waals surface area contributed by atoms with E-state index in [4.69, 9.17) is 9.47 Å². The first-order valence-electron chi connectivity index (χ1n) is 11.2. The zero-order valence-corrected chi connectivity index (χ0v) is 18.4. The predicted octanol–water partition coefficient (Wildman–Crippen LogP) is 3.04. The summed E-state index contributed by atoms with van der Waals surface area (Å²) < 4.78 is 38.5. The van der Waals surface area contributed by atoms with Gasteiger partial charge in [0.2, 0.25) is 15.9 Å². The summed E-state index contributed by atoms with van der Waals surface area (Å²) in [6.45, 7) is 2.43. The molecule has 4 rings (SSSR count). The van der Waals surface area contributed by atoms with Crippen LogP contribution < -0.4 is 9.47 Å². The Hall–Kier alpha value is -1.80. The maximum Gasteiger partial charge on any atom is 0.243 e. The van der Waals surface area contributed by atoms with Crippen LogP contribution in [0.4, 0.5) is 0 Å². The van der Waals surface area contributed by atoms with Crippen molar-refractivity contribution in [3.63, 3.8) is 0 Å². The van der Waals surface area contributed by atoms with Crippen LogP contribution in [0.5, 0.6) is 11.5 Å². The maximum atomic E-state index is 13.0. The molecule has 0 radical (unpaired) electrons. The lowest BCUT2D eigenvalue weighted by Gasteiger charge is -2.34. The number of carbonyl (C=O) groups is 1. The van der Waals surface area contributed by atoms with Crippen molar-refractivity contribution in [2.75, 3.05) is 39.4 Å². The average molecular weight is 437 g/mol. The summed E-state index contributed by atoms with van der Waals surface area (Å²) in [7, 11) is -3.62. The van der Waals surface area contributed by atoms with E-state index < -0.39 is 10.0 Å². The second kappa shape index (κ2) is 9.56. The number of hydrogen-bond acceptors (Lipinski definition) is 5. The molecule has 0 atom stereocenters. The molecule has 2 fully saturated rings. The number of rotatable bonds is 6. The van der Waals surface area contributed by atoms with Gasteiger partial charge in [0.25, 0.3) is 0 Å². The zero-order chi connectivity index (χ0) is 21.0. The van der Waals surface area contributed by atoms with Gasteiger partial charge in [-0.1, -0.05) is 32.1 Å². The van der Waals surface area contributed by atoms with Crippen LogP contribution in [0.1, 0.15) is 51.4 Å². The van der Waals surface area contributed by atoms with Crippen LogP contribution in [-0.4, -0.2) is 62.9 Å². The Balaban J connectivity index is 1.27. The van der Waals surface area contributed by atoms with Crippen molar-refractivity contribution in [3.8, 4) is 11.5 Å². The first-order chi connectivity index (χ1) is 14.5. The lowest BCUT2D eigenvalue weighted by molar-refractivity contribution is -0.132. The SMILES string of the molecule is O=C(CCCC1CCCCC1)N1CCN(S(=O)(=O)c2ccc3c(c2)OCCO3)CC1. The molecule has 1 aromatic carbocycles. The summed E-state index contributed by atoms with van der Waals surface area (Å²) in [5, 5.41) is 0. The number of fused-ring (bicyclic) bond motifs is 1. The van der Waals surface area contributed by atoms with Gasteiger partial charge in [-0.25, -0.2) is 8.42 Å². The highest BCUT2D eigenvalue weighted by atomic mass is 32.2. The molecule has 3 aliphatic rings. The topological polar surface area (TPSA) is 76.2 Å². The molecule has 2 heterocycles. The quantitative estimate of drug-likeness (QED) is 0.685. The summed E-state index contributed by atoms with van der Waals surface area (Å²) in [5.41, 5.74) is 0. The third-order valence-electron chi connectivity index (χ3n) is 6.47. The van der Waals surface area contributed by atoms with E-state index in [-0.39, 0.29) is 10.8 Å². The van der Waals surface area contributed by atoms with E-state index in [1.807, 2.05) is 4.90 Å². The van der Waals surface area contributed by atoms with Gasteiger partial charge in [-0.15, -0.1) is 0 Å². The van der Waals surface area contributed by atoms with Crippen LogP contribution in [0.25, 0.3) is 0 Å². The fourth-order valence-corrected chi connectivity index (χ4v) is 6.13. The van der Waals surface area contributed by atoms with Crippen molar-refractivity contribution in [1.82, 2.24) is 9.21 Å². The molecule has 30 heavy (non-hydrogen) atoms. The third-order valence-corrected chi connectivity index (χ3v) is 8.37. The van der Waals surface area contributed by atoms with Crippen molar-refractivity contribution in [3.05, 3.63) is 18.2 Å². The maximum absolute atomic E-state index is 13.0. The fraction of sp³-hybridized carbons (Fsp3) is 0.682. The molecule has 2 aliphatic heterocycles. The predicted molar refractivity (Wildman–Crippen MR) is 113 cm³/mol. The standard InChI is InChI=1S/C22H32N2O5S/c25-22(8-4-7-18-5-2-1-3-6-18)23-11-13-24(14-12-23)30(26,27)19-9-10-20-21(17-19)29-16-15-28-20/h9-10,17-18H,1-8,11-16H2. The summed E-state index contributed by atoms with van der Waals surface area (Å²) in [6.07, 6.45) is 9.30. The van der Waals surface area contributed by atoms with E-state index in [0.717, 1.165) is 18.8 Å². The Morgan fingerprint density at radius 3 is 2.40 bits per heavy atom. The van der Waals surface area contributed by atoms with Gasteiger partial charge in [0.05, 0.1) is 4.90 Å². The Kier molecular flexibility index (Phi) is 6.83. The highest BCUT2D eigenvalue weighted by molar-refractivity contribution is 7.89. The summed E-state index contributed by atoms with van der Waals surface area (Å²) in [6, 6.07) is 4.74. The fourth-order valence-electron chi connectivity index (χ4n) is 4.69. The monoisotopic (exact) mass is 436 g/mol. The van der Waals surface area contributed by atoms with Crippen LogP contribution in [0.3, 0.4) is 0 Å². The molecule has 7 nitrogen and oxygen atoms in total. The summed E-state index contributed by atoms with van der Waals surface area (Å²) in [5.74, 6) is 1.99. The van der Waals surface area contributed by atoms with Gasteiger partial charge >= 0.3 is 0 Å². The minimum atomic E-state index is -3.62. The first kappa shape index (κ1) is 21.4. The van der Waals surface area contributed by atoms with Crippen molar-refractivity contribution in [2.24, 2.45) is 5.92 Å². The number of sulfonamides is 1. The molecule has 1 aromatic rings. The number of amides is 1. The van der Waals surface area contributed by atoms with E-state index in [9.17, 15) is 13.2 Å². The minimum absolute atomic E-state index is 0.155. The second-order valence-corrected chi connectivity index (χ2v) is 10.4. The molecule has 1 aliphatic carbocycles. The van der Waals surface area contributed by atoms with Crippen molar-refractivity contribution in [1.29, 1.82) is 0 Å². The Bertz CT molecular complexity index is 843. The average Bonchev–Trinajstić information content (AvgIpc) is 2.79.